The predicted octanol–water partition coefficient (Wildman–Crippen LogP) is 3.52. The average molecular weight is 383 g/mol. The van der Waals surface area contributed by atoms with Crippen LogP contribution in [-0.4, -0.2) is 52.6 Å². The van der Waals surface area contributed by atoms with Gasteiger partial charge < -0.3 is 20.3 Å². The molecule has 0 amide bonds. The molecule has 0 spiro atoms. The molecule has 5 nitrogen and oxygen atoms in total. The highest BCUT2D eigenvalue weighted by Gasteiger charge is 2.25. The van der Waals surface area contributed by atoms with Crippen molar-refractivity contribution in [3.05, 3.63) is 17.2 Å². The van der Waals surface area contributed by atoms with Crippen LogP contribution in [0, 0.1) is 5.92 Å². The van der Waals surface area contributed by atoms with Crippen molar-refractivity contribution >= 4 is 40.1 Å². The number of aromatic nitrogens is 2. The summed E-state index contributed by atoms with van der Waals surface area (Å²) >= 11 is 8.17. The Kier molecular flexibility index (Phi) is 5.83. The van der Waals surface area contributed by atoms with E-state index in [1.807, 2.05) is 19.9 Å². The lowest BCUT2D eigenvalue weighted by Gasteiger charge is -2.30. The number of thioether (sulfide) groups is 1. The molecule has 0 saturated carbocycles. The van der Waals surface area contributed by atoms with Crippen LogP contribution in [0.15, 0.2) is 17.3 Å². The van der Waals surface area contributed by atoms with Gasteiger partial charge in [-0.15, -0.1) is 0 Å². The monoisotopic (exact) mass is 382 g/mol. The van der Waals surface area contributed by atoms with Gasteiger partial charge in [0.2, 0.25) is 0 Å². The van der Waals surface area contributed by atoms with Crippen molar-refractivity contribution in [2.45, 2.75) is 37.9 Å². The fourth-order valence-corrected chi connectivity index (χ4v) is 4.84. The lowest BCUT2D eigenvalue weighted by molar-refractivity contribution is 0.0255. The highest BCUT2D eigenvalue weighted by atomic mass is 35.5. The molecule has 1 aliphatic heterocycles. The zero-order valence-corrected chi connectivity index (χ0v) is 16.7. The molecule has 1 aromatic heterocycles. The number of rotatable bonds is 6. The van der Waals surface area contributed by atoms with Crippen molar-refractivity contribution in [2.75, 3.05) is 36.8 Å². The minimum Gasteiger partial charge on any atom is -0.390 e. The number of hydrogen-bond donors (Lipinski definition) is 3. The van der Waals surface area contributed by atoms with Crippen LogP contribution in [0.4, 0.5) is 5.69 Å². The number of nitrogens with one attached hydrogen (secondary N) is 2. The van der Waals surface area contributed by atoms with E-state index in [2.05, 4.69) is 28.2 Å². The second-order valence-electron chi connectivity index (χ2n) is 7.17. The Bertz CT molecular complexity index is 722. The van der Waals surface area contributed by atoms with Crippen LogP contribution in [0.25, 0.3) is 11.0 Å². The van der Waals surface area contributed by atoms with E-state index in [4.69, 9.17) is 16.6 Å². The molecular formula is C18H27ClN4OS. The van der Waals surface area contributed by atoms with Crippen molar-refractivity contribution in [1.29, 1.82) is 0 Å². The first-order valence-corrected chi connectivity index (χ1v) is 10.2. The molecule has 1 saturated heterocycles. The van der Waals surface area contributed by atoms with Crippen LogP contribution in [-0.2, 0) is 0 Å². The summed E-state index contributed by atoms with van der Waals surface area (Å²) in [6.07, 6.45) is 0.940. The lowest BCUT2D eigenvalue weighted by atomic mass is 9.91. The topological polar surface area (TPSA) is 64.2 Å². The number of piperazine rings is 1. The van der Waals surface area contributed by atoms with Gasteiger partial charge in [0.15, 0.2) is 5.16 Å². The smallest absolute Gasteiger partial charge is 0.166 e. The molecule has 3 N–H and O–H groups in total. The summed E-state index contributed by atoms with van der Waals surface area (Å²) in [7, 11) is 0. The molecule has 1 aromatic carbocycles. The van der Waals surface area contributed by atoms with E-state index in [-0.39, 0.29) is 5.92 Å². The first kappa shape index (κ1) is 18.8. The summed E-state index contributed by atoms with van der Waals surface area (Å²) in [5.74, 6) is 1.06. The van der Waals surface area contributed by atoms with E-state index < -0.39 is 5.60 Å². The number of fused-ring (bicyclic) bond motifs is 1. The zero-order chi connectivity index (χ0) is 18.0. The highest BCUT2D eigenvalue weighted by Crippen LogP contribution is 2.33. The summed E-state index contributed by atoms with van der Waals surface area (Å²) in [4.78, 5) is 10.4. The predicted molar refractivity (Wildman–Crippen MR) is 107 cm³/mol. The van der Waals surface area contributed by atoms with Crippen molar-refractivity contribution in [3.63, 3.8) is 0 Å². The van der Waals surface area contributed by atoms with Crippen LogP contribution in [0.2, 0.25) is 5.02 Å². The van der Waals surface area contributed by atoms with E-state index >= 15 is 0 Å². The Morgan fingerprint density at radius 3 is 2.72 bits per heavy atom. The Hall–Kier alpha value is -0.950. The van der Waals surface area contributed by atoms with Crippen molar-refractivity contribution in [2.24, 2.45) is 5.92 Å². The van der Waals surface area contributed by atoms with Gasteiger partial charge in [0.05, 0.1) is 27.3 Å². The van der Waals surface area contributed by atoms with Crippen LogP contribution in [0.5, 0.6) is 0 Å². The molecule has 2 heterocycles. The third-order valence-corrected chi connectivity index (χ3v) is 6.24. The molecule has 1 unspecified atom stereocenters. The summed E-state index contributed by atoms with van der Waals surface area (Å²) in [6.45, 7) is 9.74. The van der Waals surface area contributed by atoms with Crippen LogP contribution in [0.3, 0.4) is 0 Å². The van der Waals surface area contributed by atoms with Gasteiger partial charge in [0, 0.05) is 31.9 Å². The maximum Gasteiger partial charge on any atom is 0.166 e. The van der Waals surface area contributed by atoms with Gasteiger partial charge in [-0.05, 0) is 38.3 Å². The number of anilines is 1. The normalized spacial score (nSPS) is 17.2. The fourth-order valence-electron chi connectivity index (χ4n) is 3.21. The number of imidazole rings is 1. The Morgan fingerprint density at radius 1 is 1.36 bits per heavy atom. The quantitative estimate of drug-likeness (QED) is 0.667. The van der Waals surface area contributed by atoms with Gasteiger partial charge in [-0.1, -0.05) is 30.3 Å². The van der Waals surface area contributed by atoms with E-state index in [1.165, 1.54) is 0 Å². The number of nitrogens with zero attached hydrogens (tertiary/aromatic N) is 2. The molecule has 1 atom stereocenters. The van der Waals surface area contributed by atoms with E-state index in [0.717, 1.165) is 65.3 Å². The van der Waals surface area contributed by atoms with E-state index in [1.54, 1.807) is 11.8 Å². The number of aromatic amines is 1. The third-order valence-electron chi connectivity index (χ3n) is 4.90. The number of benzene rings is 1. The van der Waals surface area contributed by atoms with E-state index in [0.29, 0.717) is 0 Å². The second-order valence-corrected chi connectivity index (χ2v) is 8.59. The second kappa shape index (κ2) is 7.74. The van der Waals surface area contributed by atoms with Gasteiger partial charge in [0.25, 0.3) is 0 Å². The minimum atomic E-state index is -0.674. The van der Waals surface area contributed by atoms with E-state index in [9.17, 15) is 5.11 Å². The number of halogens is 1. The van der Waals surface area contributed by atoms with Crippen molar-refractivity contribution in [3.8, 4) is 0 Å². The average Bonchev–Trinajstić information content (AvgIpc) is 2.95. The molecule has 0 radical (unpaired) electrons. The highest BCUT2D eigenvalue weighted by molar-refractivity contribution is 7.99. The lowest BCUT2D eigenvalue weighted by Crippen LogP contribution is -2.43. The fraction of sp³-hybridized carbons (Fsp3) is 0.611. The first-order chi connectivity index (χ1) is 11.9. The first-order valence-electron chi connectivity index (χ1n) is 8.88. The maximum absolute atomic E-state index is 10.2. The van der Waals surface area contributed by atoms with Crippen LogP contribution in [0.1, 0.15) is 27.2 Å². The number of aliphatic hydroxyl groups is 1. The molecule has 0 bridgehead atoms. The molecule has 7 heteroatoms. The third kappa shape index (κ3) is 4.42. The van der Waals surface area contributed by atoms with Gasteiger partial charge in [0.1, 0.15) is 0 Å². The van der Waals surface area contributed by atoms with Gasteiger partial charge >= 0.3 is 0 Å². The minimum absolute atomic E-state index is 0.228. The molecule has 0 aliphatic carbocycles. The van der Waals surface area contributed by atoms with Crippen molar-refractivity contribution in [1.82, 2.24) is 15.3 Å². The van der Waals surface area contributed by atoms with Gasteiger partial charge in [-0.3, -0.25) is 0 Å². The van der Waals surface area contributed by atoms with Gasteiger partial charge in [-0.2, -0.15) is 0 Å². The summed E-state index contributed by atoms with van der Waals surface area (Å²) in [5.41, 5.74) is 2.29. The molecule has 3 rings (SSSR count). The largest absolute Gasteiger partial charge is 0.390 e. The molecule has 2 aromatic rings. The molecule has 1 fully saturated rings. The summed E-state index contributed by atoms with van der Waals surface area (Å²) in [5, 5.41) is 15.2. The summed E-state index contributed by atoms with van der Waals surface area (Å²) in [6, 6.07) is 4.05. The van der Waals surface area contributed by atoms with Crippen LogP contribution < -0.4 is 10.2 Å². The molecule has 1 aliphatic rings. The standard InChI is InChI=1S/C18H27ClN4OS/c1-4-12(18(2,3)24)11-25-17-21-14-9-13(19)16(10-15(14)22-17)23-7-5-20-6-8-23/h9-10,12,20,24H,4-8,11H2,1-3H3,(H,21,22). The molecule has 138 valence electrons. The summed E-state index contributed by atoms with van der Waals surface area (Å²) < 4.78 is 0. The number of H-pyrrole nitrogens is 1. The Morgan fingerprint density at radius 2 is 2.08 bits per heavy atom. The maximum atomic E-state index is 10.2. The van der Waals surface area contributed by atoms with Crippen LogP contribution >= 0.6 is 23.4 Å². The Labute approximate surface area is 158 Å². The van der Waals surface area contributed by atoms with Crippen molar-refractivity contribution < 1.29 is 5.11 Å². The SMILES string of the molecule is CCC(CSc1nc2cc(N3CCNCC3)c(Cl)cc2[nH]1)C(C)(C)O. The Balaban J connectivity index is 1.78. The zero-order valence-electron chi connectivity index (χ0n) is 15.1. The molecule has 25 heavy (non-hydrogen) atoms. The number of hydrogen-bond acceptors (Lipinski definition) is 5. The van der Waals surface area contributed by atoms with Gasteiger partial charge in [-0.25, -0.2) is 4.98 Å². The molecular weight excluding hydrogens is 356 g/mol.